The summed E-state index contributed by atoms with van der Waals surface area (Å²) < 4.78 is 0. The van der Waals surface area contributed by atoms with Gasteiger partial charge < -0.3 is 15.1 Å². The van der Waals surface area contributed by atoms with Gasteiger partial charge in [0.1, 0.15) is 5.75 Å². The second-order valence-corrected chi connectivity index (χ2v) is 5.94. The van der Waals surface area contributed by atoms with Gasteiger partial charge in [-0.2, -0.15) is 0 Å². The largest absolute Gasteiger partial charge is 0.508 e. The Kier molecular flexibility index (Phi) is 6.69. The second-order valence-electron chi connectivity index (χ2n) is 5.94. The van der Waals surface area contributed by atoms with Crippen LogP contribution in [0.4, 0.5) is 0 Å². The number of unbranched alkanes of at least 4 members (excludes halogenated alkanes) is 1. The van der Waals surface area contributed by atoms with Crippen molar-refractivity contribution in [3.63, 3.8) is 0 Å². The van der Waals surface area contributed by atoms with Gasteiger partial charge >= 0.3 is 0 Å². The van der Waals surface area contributed by atoms with Gasteiger partial charge in [0.05, 0.1) is 0 Å². The van der Waals surface area contributed by atoms with Crippen LogP contribution in [0.3, 0.4) is 0 Å². The molecule has 4 nitrogen and oxygen atoms in total. The minimum Gasteiger partial charge on any atom is -0.508 e. The van der Waals surface area contributed by atoms with Crippen molar-refractivity contribution in [2.45, 2.75) is 44.9 Å². The van der Waals surface area contributed by atoms with Crippen molar-refractivity contribution in [2.75, 3.05) is 20.1 Å². The number of carbonyl (C=O) groups is 1. The molecular weight excluding hydrogens is 266 g/mol. The SMILES string of the molecule is CC(=O)O.CCCCC1(c2cccc(O)c2)CCN(C)C1. The molecule has 0 aromatic heterocycles. The topological polar surface area (TPSA) is 60.8 Å². The molecule has 1 aliphatic heterocycles. The van der Waals surface area contributed by atoms with Gasteiger partial charge in [0.15, 0.2) is 0 Å². The summed E-state index contributed by atoms with van der Waals surface area (Å²) in [4.78, 5) is 11.4. The first-order valence-electron chi connectivity index (χ1n) is 7.57. The third-order valence-electron chi connectivity index (χ3n) is 4.01. The fourth-order valence-electron chi connectivity index (χ4n) is 3.01. The number of phenols is 1. The average Bonchev–Trinajstić information content (AvgIpc) is 2.79. The highest BCUT2D eigenvalue weighted by atomic mass is 16.4. The Morgan fingerprint density at radius 1 is 1.43 bits per heavy atom. The van der Waals surface area contributed by atoms with E-state index in [1.54, 1.807) is 6.07 Å². The third-order valence-corrected chi connectivity index (χ3v) is 4.01. The van der Waals surface area contributed by atoms with Crippen molar-refractivity contribution in [3.05, 3.63) is 29.8 Å². The van der Waals surface area contributed by atoms with Gasteiger partial charge in [0.25, 0.3) is 5.97 Å². The van der Waals surface area contributed by atoms with E-state index in [1.165, 1.54) is 37.8 Å². The van der Waals surface area contributed by atoms with Gasteiger partial charge in [-0.25, -0.2) is 0 Å². The van der Waals surface area contributed by atoms with E-state index in [0.717, 1.165) is 13.5 Å². The Labute approximate surface area is 127 Å². The van der Waals surface area contributed by atoms with Gasteiger partial charge in [-0.05, 0) is 44.1 Å². The summed E-state index contributed by atoms with van der Waals surface area (Å²) in [5, 5.41) is 17.1. The zero-order valence-corrected chi connectivity index (χ0v) is 13.3. The number of nitrogens with zero attached hydrogens (tertiary/aromatic N) is 1. The molecule has 4 heteroatoms. The Morgan fingerprint density at radius 2 is 2.10 bits per heavy atom. The minimum atomic E-state index is -0.833. The molecular formula is C17H27NO3. The first-order valence-corrected chi connectivity index (χ1v) is 7.57. The lowest BCUT2D eigenvalue weighted by Crippen LogP contribution is -2.29. The molecule has 1 aromatic rings. The first-order chi connectivity index (χ1) is 9.89. The summed E-state index contributed by atoms with van der Waals surface area (Å²) in [5.74, 6) is -0.437. The number of hydrogen-bond donors (Lipinski definition) is 2. The number of carboxylic acid groups (broad SMARTS) is 1. The molecule has 21 heavy (non-hydrogen) atoms. The standard InChI is InChI=1S/C15H23NO.C2H4O2/c1-3-4-8-15(9-10-16(2)12-15)13-6-5-7-14(17)11-13;1-2(3)4/h5-7,11,17H,3-4,8-10,12H2,1-2H3;1H3,(H,3,4). The van der Waals surface area contributed by atoms with Crippen LogP contribution in [0.5, 0.6) is 5.75 Å². The lowest BCUT2D eigenvalue weighted by molar-refractivity contribution is -0.134. The Hall–Kier alpha value is -1.55. The zero-order chi connectivity index (χ0) is 15.9. The van der Waals surface area contributed by atoms with Gasteiger partial charge in [-0.1, -0.05) is 31.9 Å². The van der Waals surface area contributed by atoms with Crippen molar-refractivity contribution < 1.29 is 15.0 Å². The molecule has 1 heterocycles. The molecule has 1 fully saturated rings. The zero-order valence-electron chi connectivity index (χ0n) is 13.3. The number of phenolic OH excluding ortho intramolecular Hbond substituents is 1. The fraction of sp³-hybridized carbons (Fsp3) is 0.588. The maximum Gasteiger partial charge on any atom is 0.300 e. The van der Waals surface area contributed by atoms with Crippen LogP contribution >= 0.6 is 0 Å². The third kappa shape index (κ3) is 5.38. The number of aromatic hydroxyl groups is 1. The van der Waals surface area contributed by atoms with Crippen molar-refractivity contribution in [1.82, 2.24) is 4.90 Å². The summed E-state index contributed by atoms with van der Waals surface area (Å²) >= 11 is 0. The maximum atomic E-state index is 9.67. The van der Waals surface area contributed by atoms with E-state index in [-0.39, 0.29) is 5.41 Å². The van der Waals surface area contributed by atoms with Crippen molar-refractivity contribution >= 4 is 5.97 Å². The number of aliphatic carboxylic acids is 1. The van der Waals surface area contributed by atoms with E-state index in [9.17, 15) is 5.11 Å². The Morgan fingerprint density at radius 3 is 2.57 bits per heavy atom. The van der Waals surface area contributed by atoms with Crippen molar-refractivity contribution in [2.24, 2.45) is 0 Å². The number of likely N-dealkylation sites (N-methyl/N-ethyl adjacent to an activating group) is 1. The van der Waals surface area contributed by atoms with Crippen LogP contribution in [0.25, 0.3) is 0 Å². The molecule has 118 valence electrons. The van der Waals surface area contributed by atoms with Gasteiger partial charge in [-0.3, -0.25) is 4.79 Å². The summed E-state index contributed by atoms with van der Waals surface area (Å²) in [6.45, 7) is 5.62. The van der Waals surface area contributed by atoms with Crippen molar-refractivity contribution in [1.29, 1.82) is 0 Å². The predicted molar refractivity (Wildman–Crippen MR) is 84.7 cm³/mol. The molecule has 0 radical (unpaired) electrons. The normalized spacial score (nSPS) is 21.7. The molecule has 0 spiro atoms. The van der Waals surface area contributed by atoms with E-state index in [0.29, 0.717) is 5.75 Å². The number of benzene rings is 1. The summed E-state index contributed by atoms with van der Waals surface area (Å²) in [7, 11) is 2.19. The molecule has 1 unspecified atom stereocenters. The van der Waals surface area contributed by atoms with E-state index in [1.807, 2.05) is 12.1 Å². The molecule has 1 aliphatic rings. The van der Waals surface area contributed by atoms with Crippen LogP contribution in [0.2, 0.25) is 0 Å². The lowest BCUT2D eigenvalue weighted by Gasteiger charge is -2.30. The van der Waals surface area contributed by atoms with Crippen LogP contribution in [0.1, 0.15) is 45.1 Å². The van der Waals surface area contributed by atoms with E-state index >= 15 is 0 Å². The lowest BCUT2D eigenvalue weighted by atomic mass is 9.75. The molecule has 0 aliphatic carbocycles. The second kappa shape index (κ2) is 8.03. The van der Waals surface area contributed by atoms with E-state index in [2.05, 4.69) is 24.9 Å². The van der Waals surface area contributed by atoms with Crippen LogP contribution in [0, 0.1) is 0 Å². The number of likely N-dealkylation sites (tertiary alicyclic amines) is 1. The van der Waals surface area contributed by atoms with E-state index < -0.39 is 5.97 Å². The molecule has 1 atom stereocenters. The van der Waals surface area contributed by atoms with Crippen molar-refractivity contribution in [3.8, 4) is 5.75 Å². The maximum absolute atomic E-state index is 9.67. The predicted octanol–water partition coefficient (Wildman–Crippen LogP) is 3.25. The summed E-state index contributed by atoms with van der Waals surface area (Å²) in [5.41, 5.74) is 1.58. The molecule has 1 saturated heterocycles. The van der Waals surface area contributed by atoms with Crippen LogP contribution in [0.15, 0.2) is 24.3 Å². The van der Waals surface area contributed by atoms with Gasteiger partial charge in [-0.15, -0.1) is 0 Å². The highest BCUT2D eigenvalue weighted by Gasteiger charge is 2.37. The fourth-order valence-corrected chi connectivity index (χ4v) is 3.01. The van der Waals surface area contributed by atoms with E-state index in [4.69, 9.17) is 9.90 Å². The Balaban J connectivity index is 0.000000491. The molecule has 0 saturated carbocycles. The first kappa shape index (κ1) is 17.5. The average molecular weight is 293 g/mol. The number of carboxylic acids is 1. The number of hydrogen-bond acceptors (Lipinski definition) is 3. The Bertz CT molecular complexity index is 457. The van der Waals surface area contributed by atoms with Crippen LogP contribution in [-0.2, 0) is 10.2 Å². The monoisotopic (exact) mass is 293 g/mol. The molecule has 0 bridgehead atoms. The van der Waals surface area contributed by atoms with Crippen LogP contribution in [-0.4, -0.2) is 41.2 Å². The van der Waals surface area contributed by atoms with Gasteiger partial charge in [0, 0.05) is 18.9 Å². The molecule has 2 rings (SSSR count). The smallest absolute Gasteiger partial charge is 0.300 e. The van der Waals surface area contributed by atoms with Crippen LogP contribution < -0.4 is 0 Å². The molecule has 1 aromatic carbocycles. The van der Waals surface area contributed by atoms with Gasteiger partial charge in [0.2, 0.25) is 0 Å². The number of rotatable bonds is 4. The minimum absolute atomic E-state index is 0.267. The molecule has 2 N–H and O–H groups in total. The highest BCUT2D eigenvalue weighted by molar-refractivity contribution is 5.62. The quantitative estimate of drug-likeness (QED) is 0.894. The summed E-state index contributed by atoms with van der Waals surface area (Å²) in [6, 6.07) is 7.86. The molecule has 0 amide bonds. The summed E-state index contributed by atoms with van der Waals surface area (Å²) in [6.07, 6.45) is 4.96. The highest BCUT2D eigenvalue weighted by Crippen LogP contribution is 2.39.